The van der Waals surface area contributed by atoms with Crippen LogP contribution in [0.2, 0.25) is 0 Å². The number of alkyl halides is 3. The van der Waals surface area contributed by atoms with E-state index in [1.165, 1.54) is 30.7 Å². The van der Waals surface area contributed by atoms with E-state index in [9.17, 15) is 21.6 Å². The minimum atomic E-state index is -4.36. The van der Waals surface area contributed by atoms with Crippen LogP contribution in [0.15, 0.2) is 59.9 Å². The zero-order valence-corrected chi connectivity index (χ0v) is 24.8. The van der Waals surface area contributed by atoms with Gasteiger partial charge in [0.05, 0.1) is 10.5 Å². The van der Waals surface area contributed by atoms with Crippen LogP contribution in [0.25, 0.3) is 0 Å². The van der Waals surface area contributed by atoms with Gasteiger partial charge in [0.2, 0.25) is 0 Å². The first-order valence-corrected chi connectivity index (χ1v) is 14.8. The van der Waals surface area contributed by atoms with Crippen molar-refractivity contribution in [1.82, 2.24) is 14.9 Å². The SMILES string of the molecule is Cc1cc(N2CCC[C@](CCc3cccc(C(F)(F)F)c3)(N(C)C)C2)cc(C)c1S(=O)(=O)Nc1ccncn1.O=CO. The number of aromatic nitrogens is 2. The highest BCUT2D eigenvalue weighted by atomic mass is 32.2. The third kappa shape index (κ3) is 7.97. The molecule has 3 aromatic rings. The highest BCUT2D eigenvalue weighted by molar-refractivity contribution is 7.92. The fraction of sp³-hybridized carbons (Fsp3) is 0.414. The Kier molecular flexibility index (Phi) is 10.6. The number of carbonyl (C=O) groups is 1. The lowest BCUT2D eigenvalue weighted by Gasteiger charge is -2.48. The molecule has 2 N–H and O–H groups in total. The Hall–Kier alpha value is -3.71. The molecule has 1 saturated heterocycles. The maximum Gasteiger partial charge on any atom is 0.416 e. The molecular weight excluding hydrogens is 571 g/mol. The van der Waals surface area contributed by atoms with Gasteiger partial charge in [-0.1, -0.05) is 18.2 Å². The van der Waals surface area contributed by atoms with Crippen molar-refractivity contribution in [3.63, 3.8) is 0 Å². The Bertz CT molecular complexity index is 1450. The Labute approximate surface area is 244 Å². The van der Waals surface area contributed by atoms with Crippen LogP contribution < -0.4 is 9.62 Å². The largest absolute Gasteiger partial charge is 0.483 e. The number of likely N-dealkylation sites (N-methyl/N-ethyl adjacent to an activating group) is 1. The number of aryl methyl sites for hydroxylation is 3. The van der Waals surface area contributed by atoms with Gasteiger partial charge in [-0.3, -0.25) is 9.52 Å². The van der Waals surface area contributed by atoms with E-state index in [2.05, 4.69) is 24.5 Å². The minimum Gasteiger partial charge on any atom is -0.483 e. The topological polar surface area (TPSA) is 116 Å². The average Bonchev–Trinajstić information content (AvgIpc) is 2.92. The summed E-state index contributed by atoms with van der Waals surface area (Å²) in [6, 6.07) is 10.8. The first kappa shape index (κ1) is 32.8. The van der Waals surface area contributed by atoms with Gasteiger partial charge in [0.1, 0.15) is 12.1 Å². The van der Waals surface area contributed by atoms with Gasteiger partial charge in [-0.25, -0.2) is 18.4 Å². The van der Waals surface area contributed by atoms with Crippen molar-refractivity contribution in [2.75, 3.05) is 36.8 Å². The fourth-order valence-corrected chi connectivity index (χ4v) is 6.94. The number of carboxylic acid groups (broad SMARTS) is 1. The van der Waals surface area contributed by atoms with Gasteiger partial charge in [-0.05, 0) is 94.6 Å². The molecule has 4 rings (SSSR count). The molecular formula is C29H36F3N5O4S. The molecule has 1 aliphatic rings. The Balaban J connectivity index is 0.00000155. The van der Waals surface area contributed by atoms with Crippen LogP contribution in [-0.2, 0) is 27.4 Å². The number of benzene rings is 2. The van der Waals surface area contributed by atoms with Crippen LogP contribution in [0.4, 0.5) is 24.7 Å². The molecule has 0 radical (unpaired) electrons. The molecule has 0 amide bonds. The summed E-state index contributed by atoms with van der Waals surface area (Å²) in [5.41, 5.74) is 1.97. The van der Waals surface area contributed by atoms with E-state index in [1.807, 2.05) is 26.2 Å². The normalized spacial score (nSPS) is 17.4. The lowest BCUT2D eigenvalue weighted by molar-refractivity contribution is -0.137. The third-order valence-corrected chi connectivity index (χ3v) is 9.20. The summed E-state index contributed by atoms with van der Waals surface area (Å²) < 4.78 is 68.5. The number of halogens is 3. The van der Waals surface area contributed by atoms with Gasteiger partial charge in [0.15, 0.2) is 0 Å². The molecule has 0 aliphatic carbocycles. The summed E-state index contributed by atoms with van der Waals surface area (Å²) >= 11 is 0. The molecule has 2 heterocycles. The monoisotopic (exact) mass is 607 g/mol. The van der Waals surface area contributed by atoms with Gasteiger partial charge in [-0.15, -0.1) is 0 Å². The molecule has 9 nitrogen and oxygen atoms in total. The molecule has 13 heteroatoms. The Morgan fingerprint density at radius 3 is 2.38 bits per heavy atom. The molecule has 0 unspecified atom stereocenters. The Morgan fingerprint density at radius 2 is 1.81 bits per heavy atom. The number of piperidine rings is 1. The van der Waals surface area contributed by atoms with Crippen molar-refractivity contribution in [2.24, 2.45) is 0 Å². The van der Waals surface area contributed by atoms with Crippen molar-refractivity contribution in [1.29, 1.82) is 0 Å². The van der Waals surface area contributed by atoms with Crippen LogP contribution >= 0.6 is 0 Å². The van der Waals surface area contributed by atoms with Gasteiger partial charge in [0.25, 0.3) is 16.5 Å². The average molecular weight is 608 g/mol. The van der Waals surface area contributed by atoms with Crippen molar-refractivity contribution >= 4 is 28.0 Å². The van der Waals surface area contributed by atoms with E-state index >= 15 is 0 Å². The number of rotatable bonds is 8. The maximum absolute atomic E-state index is 13.2. The molecule has 1 fully saturated rings. The summed E-state index contributed by atoms with van der Waals surface area (Å²) in [5, 5.41) is 6.89. The van der Waals surface area contributed by atoms with Gasteiger partial charge >= 0.3 is 6.18 Å². The van der Waals surface area contributed by atoms with Crippen LogP contribution in [0.3, 0.4) is 0 Å². The molecule has 0 bridgehead atoms. The molecule has 0 saturated carbocycles. The smallest absolute Gasteiger partial charge is 0.416 e. The lowest BCUT2D eigenvalue weighted by atomic mass is 9.82. The van der Waals surface area contributed by atoms with E-state index in [0.717, 1.165) is 31.1 Å². The van der Waals surface area contributed by atoms with E-state index < -0.39 is 21.8 Å². The van der Waals surface area contributed by atoms with Gasteiger partial charge < -0.3 is 14.9 Å². The minimum absolute atomic E-state index is 0.195. The first-order chi connectivity index (χ1) is 19.7. The van der Waals surface area contributed by atoms with Crippen molar-refractivity contribution < 1.29 is 31.5 Å². The highest BCUT2D eigenvalue weighted by Gasteiger charge is 2.38. The molecule has 0 spiro atoms. The van der Waals surface area contributed by atoms with Crippen molar-refractivity contribution in [3.8, 4) is 0 Å². The summed E-state index contributed by atoms with van der Waals surface area (Å²) in [6.07, 6.45) is 1.44. The number of nitrogens with zero attached hydrogens (tertiary/aromatic N) is 4. The van der Waals surface area contributed by atoms with E-state index in [-0.39, 0.29) is 22.7 Å². The van der Waals surface area contributed by atoms with E-state index in [4.69, 9.17) is 9.90 Å². The second-order valence-corrected chi connectivity index (χ2v) is 12.2. The molecule has 1 aromatic heterocycles. The van der Waals surface area contributed by atoms with E-state index in [1.54, 1.807) is 19.9 Å². The third-order valence-electron chi connectivity index (χ3n) is 7.54. The second kappa shape index (κ2) is 13.5. The van der Waals surface area contributed by atoms with Crippen LogP contribution in [0.1, 0.15) is 41.5 Å². The number of sulfonamides is 1. The molecule has 2 aromatic carbocycles. The van der Waals surface area contributed by atoms with Crippen molar-refractivity contribution in [2.45, 2.75) is 56.1 Å². The van der Waals surface area contributed by atoms with Crippen molar-refractivity contribution in [3.05, 3.63) is 77.2 Å². The lowest BCUT2D eigenvalue weighted by Crippen LogP contribution is -2.56. The number of hydrogen-bond donors (Lipinski definition) is 2. The number of anilines is 2. The fourth-order valence-electron chi connectivity index (χ4n) is 5.48. The summed E-state index contributed by atoms with van der Waals surface area (Å²) in [5.74, 6) is 0.195. The van der Waals surface area contributed by atoms with Crippen LogP contribution in [-0.4, -0.2) is 67.6 Å². The number of nitrogens with one attached hydrogen (secondary N) is 1. The van der Waals surface area contributed by atoms with Gasteiger partial charge in [-0.2, -0.15) is 13.2 Å². The Morgan fingerprint density at radius 1 is 1.14 bits per heavy atom. The predicted molar refractivity (Wildman–Crippen MR) is 155 cm³/mol. The molecule has 228 valence electrons. The number of hydrogen-bond acceptors (Lipinski definition) is 7. The molecule has 1 atom stereocenters. The second-order valence-electron chi connectivity index (χ2n) is 10.6. The van der Waals surface area contributed by atoms with E-state index in [0.29, 0.717) is 36.1 Å². The predicted octanol–water partition coefficient (Wildman–Crippen LogP) is 5.15. The standard InChI is InChI=1S/C28H34F3N5O2S.CH2O2/c1-20-15-24(16-21(2)26(20)39(37,38)34-25-10-13-32-19-33-25)36-14-6-11-27(18-36,35(3)4)12-9-22-7-5-8-23(17-22)28(29,30)31;2-1-3/h5,7-8,10,13,15-17,19H,6,9,11-12,14,18H2,1-4H3,(H,32,33,34);1H,(H,2,3)/t27-;/m1./s1. The first-order valence-electron chi connectivity index (χ1n) is 13.3. The summed E-state index contributed by atoms with van der Waals surface area (Å²) in [7, 11) is 0.170. The summed E-state index contributed by atoms with van der Waals surface area (Å²) in [6.45, 7) is 4.80. The zero-order valence-electron chi connectivity index (χ0n) is 24.0. The van der Waals surface area contributed by atoms with Crippen LogP contribution in [0, 0.1) is 13.8 Å². The van der Waals surface area contributed by atoms with Gasteiger partial charge in [0, 0.05) is 30.5 Å². The zero-order chi connectivity index (χ0) is 31.1. The quantitative estimate of drug-likeness (QED) is 0.338. The molecule has 1 aliphatic heterocycles. The maximum atomic E-state index is 13.2. The highest BCUT2D eigenvalue weighted by Crippen LogP contribution is 2.36. The molecule has 42 heavy (non-hydrogen) atoms. The van der Waals surface area contributed by atoms with Crippen LogP contribution in [0.5, 0.6) is 0 Å². The summed E-state index contributed by atoms with van der Waals surface area (Å²) in [4.78, 5) is 20.8.